The second-order valence-electron chi connectivity index (χ2n) is 4.29. The topological polar surface area (TPSA) is 17.8 Å². The van der Waals surface area contributed by atoms with Crippen molar-refractivity contribution in [2.45, 2.75) is 13.5 Å². The first-order chi connectivity index (χ1) is 8.79. The quantitative estimate of drug-likeness (QED) is 0.621. The van der Waals surface area contributed by atoms with Crippen LogP contribution in [0.1, 0.15) is 6.92 Å². The molecule has 86 valence electrons. The van der Waals surface area contributed by atoms with E-state index in [2.05, 4.69) is 17.6 Å². The lowest BCUT2D eigenvalue weighted by Gasteiger charge is -2.06. The van der Waals surface area contributed by atoms with E-state index in [1.54, 1.807) is 0 Å². The van der Waals surface area contributed by atoms with Crippen molar-refractivity contribution >= 4 is 24.3 Å². The fourth-order valence-corrected chi connectivity index (χ4v) is 2.25. The third-order valence-electron chi connectivity index (χ3n) is 3.14. The first kappa shape index (κ1) is 11.1. The van der Waals surface area contributed by atoms with Gasteiger partial charge >= 0.3 is 0 Å². The maximum Gasteiger partial charge on any atom is 0.141 e. The molecule has 0 saturated heterocycles. The Labute approximate surface area is 108 Å². The number of hydrogen-bond donors (Lipinski definition) is 0. The molecule has 1 heterocycles. The number of aromatic nitrogens is 2. The van der Waals surface area contributed by atoms with Gasteiger partial charge in [-0.2, -0.15) is 0 Å². The van der Waals surface area contributed by atoms with Crippen LogP contribution in [-0.4, -0.2) is 17.4 Å². The molecular weight excluding hydrogens is 219 g/mol. The number of hydrogen-bond acceptors (Lipinski definition) is 1. The van der Waals surface area contributed by atoms with Crippen molar-refractivity contribution in [1.82, 2.24) is 9.55 Å². The van der Waals surface area contributed by atoms with E-state index in [9.17, 15) is 0 Å². The van der Waals surface area contributed by atoms with Crippen LogP contribution in [0.25, 0.3) is 22.4 Å². The number of benzene rings is 2. The second-order valence-corrected chi connectivity index (χ2v) is 4.29. The van der Waals surface area contributed by atoms with E-state index in [0.29, 0.717) is 0 Å². The smallest absolute Gasteiger partial charge is 0.141 e. The minimum Gasteiger partial charge on any atom is -0.324 e. The Hall–Kier alpha value is -2.03. The lowest BCUT2D eigenvalue weighted by Crippen LogP contribution is -2.02. The minimum atomic E-state index is 0.776. The maximum atomic E-state index is 5.72. The number of para-hydroxylation sites is 2. The molecule has 18 heavy (non-hydrogen) atoms. The molecule has 2 nitrogen and oxygen atoms in total. The lowest BCUT2D eigenvalue weighted by atomic mass is 9.95. The van der Waals surface area contributed by atoms with Gasteiger partial charge in [-0.15, -0.1) is 0 Å². The van der Waals surface area contributed by atoms with Crippen LogP contribution in [0.4, 0.5) is 0 Å². The third-order valence-corrected chi connectivity index (χ3v) is 3.14. The normalized spacial score (nSPS) is 10.9. The highest BCUT2D eigenvalue weighted by molar-refractivity contribution is 6.32. The Morgan fingerprint density at radius 2 is 1.78 bits per heavy atom. The van der Waals surface area contributed by atoms with Crippen molar-refractivity contribution in [1.29, 1.82) is 0 Å². The molecule has 0 saturated carbocycles. The van der Waals surface area contributed by atoms with Gasteiger partial charge in [-0.3, -0.25) is 0 Å². The molecular formula is C15H13BN2. The van der Waals surface area contributed by atoms with Crippen LogP contribution in [0.2, 0.25) is 0 Å². The molecule has 0 aliphatic heterocycles. The summed E-state index contributed by atoms with van der Waals surface area (Å²) in [6.45, 7) is 3.04. The van der Waals surface area contributed by atoms with Crippen molar-refractivity contribution < 1.29 is 0 Å². The fraction of sp³-hybridized carbons (Fsp3) is 0.133. The van der Waals surface area contributed by atoms with Gasteiger partial charge in [0, 0.05) is 12.1 Å². The molecule has 0 aliphatic carbocycles. The highest BCUT2D eigenvalue weighted by Gasteiger charge is 2.10. The summed E-state index contributed by atoms with van der Waals surface area (Å²) in [5, 5.41) is 0. The summed E-state index contributed by atoms with van der Waals surface area (Å²) in [6, 6.07) is 16.1. The van der Waals surface area contributed by atoms with Gasteiger partial charge in [-0.25, -0.2) is 4.98 Å². The second kappa shape index (κ2) is 4.33. The van der Waals surface area contributed by atoms with Crippen LogP contribution in [0.3, 0.4) is 0 Å². The number of imidazole rings is 1. The first-order valence-electron chi connectivity index (χ1n) is 6.11. The SMILES string of the molecule is [B]c1ccc(-c2nc3ccccc3n2CC)cc1. The lowest BCUT2D eigenvalue weighted by molar-refractivity contribution is 0.796. The molecule has 1 aromatic heterocycles. The Balaban J connectivity index is 2.25. The van der Waals surface area contributed by atoms with Gasteiger partial charge in [0.05, 0.1) is 11.0 Å². The van der Waals surface area contributed by atoms with E-state index in [0.717, 1.165) is 28.9 Å². The molecule has 2 aromatic carbocycles. The summed E-state index contributed by atoms with van der Waals surface area (Å²) in [7, 11) is 5.72. The first-order valence-corrected chi connectivity index (χ1v) is 6.11. The van der Waals surface area contributed by atoms with Gasteiger partial charge < -0.3 is 4.57 Å². The van der Waals surface area contributed by atoms with E-state index in [1.807, 2.05) is 42.5 Å². The van der Waals surface area contributed by atoms with Crippen molar-refractivity contribution in [3.05, 3.63) is 48.5 Å². The monoisotopic (exact) mass is 232 g/mol. The van der Waals surface area contributed by atoms with Gasteiger partial charge in [-0.05, 0) is 19.1 Å². The van der Waals surface area contributed by atoms with Gasteiger partial charge in [0.15, 0.2) is 0 Å². The Morgan fingerprint density at radius 3 is 2.50 bits per heavy atom. The zero-order valence-electron chi connectivity index (χ0n) is 10.3. The van der Waals surface area contributed by atoms with Crippen LogP contribution < -0.4 is 5.46 Å². The standard InChI is InChI=1S/C15H13BN2/c1-2-18-14-6-4-3-5-13(14)17-15(18)11-7-9-12(16)10-8-11/h3-10H,2H2,1H3. The van der Waals surface area contributed by atoms with Crippen molar-refractivity contribution in [2.24, 2.45) is 0 Å². The molecule has 2 radical (unpaired) electrons. The highest BCUT2D eigenvalue weighted by Crippen LogP contribution is 2.23. The summed E-state index contributed by atoms with van der Waals surface area (Å²) in [4.78, 5) is 4.71. The number of aryl methyl sites for hydroxylation is 1. The van der Waals surface area contributed by atoms with E-state index in [1.165, 1.54) is 5.52 Å². The molecule has 0 unspecified atom stereocenters. The number of fused-ring (bicyclic) bond motifs is 1. The summed E-state index contributed by atoms with van der Waals surface area (Å²) >= 11 is 0. The summed E-state index contributed by atoms with van der Waals surface area (Å²) in [5.74, 6) is 0.999. The Morgan fingerprint density at radius 1 is 1.06 bits per heavy atom. The maximum absolute atomic E-state index is 5.72. The highest BCUT2D eigenvalue weighted by atomic mass is 15.1. The number of nitrogens with zero attached hydrogens (tertiary/aromatic N) is 2. The van der Waals surface area contributed by atoms with E-state index < -0.39 is 0 Å². The summed E-state index contributed by atoms with van der Waals surface area (Å²) in [6.07, 6.45) is 0. The molecule has 0 aliphatic rings. The van der Waals surface area contributed by atoms with Gasteiger partial charge in [0.2, 0.25) is 0 Å². The number of rotatable bonds is 2. The average Bonchev–Trinajstić information content (AvgIpc) is 2.78. The van der Waals surface area contributed by atoms with E-state index >= 15 is 0 Å². The van der Waals surface area contributed by atoms with Crippen molar-refractivity contribution in [3.8, 4) is 11.4 Å². The molecule has 0 bridgehead atoms. The summed E-state index contributed by atoms with van der Waals surface area (Å²) < 4.78 is 2.22. The zero-order chi connectivity index (χ0) is 12.5. The summed E-state index contributed by atoms with van der Waals surface area (Å²) in [5.41, 5.74) is 4.08. The van der Waals surface area contributed by atoms with Crippen LogP contribution in [-0.2, 0) is 6.54 Å². The van der Waals surface area contributed by atoms with Crippen molar-refractivity contribution in [3.63, 3.8) is 0 Å². The zero-order valence-corrected chi connectivity index (χ0v) is 10.3. The predicted octanol–water partition coefficient (Wildman–Crippen LogP) is 2.52. The van der Waals surface area contributed by atoms with Gasteiger partial charge in [0.25, 0.3) is 0 Å². The molecule has 0 N–H and O–H groups in total. The van der Waals surface area contributed by atoms with Gasteiger partial charge in [0.1, 0.15) is 13.7 Å². The van der Waals surface area contributed by atoms with E-state index in [4.69, 9.17) is 12.8 Å². The van der Waals surface area contributed by atoms with Gasteiger partial charge in [-0.1, -0.05) is 41.9 Å². The van der Waals surface area contributed by atoms with Crippen LogP contribution >= 0.6 is 0 Å². The molecule has 3 heteroatoms. The Bertz CT molecular complexity index is 683. The Kier molecular flexibility index (Phi) is 2.67. The largest absolute Gasteiger partial charge is 0.324 e. The molecule has 3 aromatic rings. The van der Waals surface area contributed by atoms with Crippen molar-refractivity contribution in [2.75, 3.05) is 0 Å². The minimum absolute atomic E-state index is 0.776. The average molecular weight is 232 g/mol. The molecule has 0 fully saturated rings. The predicted molar refractivity (Wildman–Crippen MR) is 76.2 cm³/mol. The van der Waals surface area contributed by atoms with Crippen LogP contribution in [0.15, 0.2) is 48.5 Å². The van der Waals surface area contributed by atoms with E-state index in [-0.39, 0.29) is 0 Å². The molecule has 3 rings (SSSR count). The third kappa shape index (κ3) is 1.72. The molecule has 0 spiro atoms. The molecule has 0 atom stereocenters. The fourth-order valence-electron chi connectivity index (χ4n) is 2.25. The van der Waals surface area contributed by atoms with Crippen LogP contribution in [0.5, 0.6) is 0 Å². The van der Waals surface area contributed by atoms with Crippen LogP contribution in [0, 0.1) is 0 Å². The molecule has 0 amide bonds.